The topological polar surface area (TPSA) is 109 Å². The Bertz CT molecular complexity index is 1200. The highest BCUT2D eigenvalue weighted by Crippen LogP contribution is 2.34. The van der Waals surface area contributed by atoms with Gasteiger partial charge >= 0.3 is 0 Å². The zero-order valence-corrected chi connectivity index (χ0v) is 18.9. The number of amides is 3. The second-order valence-electron chi connectivity index (χ2n) is 8.25. The van der Waals surface area contributed by atoms with Crippen LogP contribution in [0.15, 0.2) is 40.3 Å². The number of imide groups is 1. The Kier molecular flexibility index (Phi) is 5.67. The summed E-state index contributed by atoms with van der Waals surface area (Å²) >= 11 is 1.62. The minimum atomic E-state index is -0.345. The first-order valence-corrected chi connectivity index (χ1v) is 11.7. The van der Waals surface area contributed by atoms with E-state index >= 15 is 0 Å². The van der Waals surface area contributed by atoms with Crippen molar-refractivity contribution >= 4 is 34.7 Å². The number of nitrogens with one attached hydrogen (secondary N) is 1. The average Bonchev–Trinajstić information content (AvgIpc) is 3.56. The Labute approximate surface area is 194 Å². The summed E-state index contributed by atoms with van der Waals surface area (Å²) in [5.74, 6) is -0.685. The summed E-state index contributed by atoms with van der Waals surface area (Å²) in [5, 5.41) is 12.5. The van der Waals surface area contributed by atoms with Crippen molar-refractivity contribution in [2.24, 2.45) is 5.92 Å². The van der Waals surface area contributed by atoms with E-state index in [0.717, 1.165) is 10.6 Å². The number of fused-ring (bicyclic) bond motifs is 1. The second kappa shape index (κ2) is 8.78. The highest BCUT2D eigenvalue weighted by Gasteiger charge is 2.39. The fraction of sp³-hybridized carbons (Fsp3) is 0.348. The molecule has 0 spiro atoms. The number of aromatic nitrogens is 2. The first-order valence-electron chi connectivity index (χ1n) is 10.8. The Hall–Kier alpha value is -3.53. The minimum absolute atomic E-state index is 0.0214. The molecule has 0 bridgehead atoms. The molecule has 0 radical (unpaired) electrons. The van der Waals surface area contributed by atoms with Crippen LogP contribution in [0.1, 0.15) is 49.8 Å². The second-order valence-corrected chi connectivity index (χ2v) is 9.28. The van der Waals surface area contributed by atoms with Crippen molar-refractivity contribution < 1.29 is 19.0 Å². The fourth-order valence-corrected chi connectivity index (χ4v) is 5.02. The molecule has 0 unspecified atom stereocenters. The van der Waals surface area contributed by atoms with Crippen molar-refractivity contribution in [3.05, 3.63) is 63.1 Å². The van der Waals surface area contributed by atoms with Gasteiger partial charge in [0.25, 0.3) is 11.8 Å². The van der Waals surface area contributed by atoms with Crippen molar-refractivity contribution in [1.82, 2.24) is 20.5 Å². The fourth-order valence-electron chi connectivity index (χ4n) is 4.38. The number of benzene rings is 1. The Morgan fingerprint density at radius 1 is 1.15 bits per heavy atom. The molecule has 3 aromatic rings. The van der Waals surface area contributed by atoms with Gasteiger partial charge in [-0.3, -0.25) is 19.3 Å². The molecule has 1 aromatic carbocycles. The Morgan fingerprint density at radius 2 is 1.97 bits per heavy atom. The monoisotopic (exact) mass is 465 g/mol. The van der Waals surface area contributed by atoms with Crippen LogP contribution < -0.4 is 10.2 Å². The lowest BCUT2D eigenvalue weighted by Gasteiger charge is -2.33. The van der Waals surface area contributed by atoms with Gasteiger partial charge in [0.1, 0.15) is 11.4 Å². The molecule has 2 aliphatic heterocycles. The number of carbonyl (C=O) groups excluding carboxylic acids is 3. The van der Waals surface area contributed by atoms with Gasteiger partial charge in [-0.2, -0.15) is 0 Å². The molecule has 9 nitrogen and oxygen atoms in total. The number of piperidine rings is 1. The van der Waals surface area contributed by atoms with E-state index in [4.69, 9.17) is 4.63 Å². The van der Waals surface area contributed by atoms with Gasteiger partial charge in [0.15, 0.2) is 0 Å². The maximum absolute atomic E-state index is 13.2. The quantitative estimate of drug-likeness (QED) is 0.558. The number of hydrogen-bond donors (Lipinski definition) is 1. The highest BCUT2D eigenvalue weighted by atomic mass is 32.1. The number of rotatable bonds is 6. The Morgan fingerprint density at radius 3 is 2.67 bits per heavy atom. The minimum Gasteiger partial charge on any atom is -0.371 e. The first kappa shape index (κ1) is 21.3. The molecule has 2 aliphatic rings. The molecule has 2 aromatic heterocycles. The molecule has 33 heavy (non-hydrogen) atoms. The van der Waals surface area contributed by atoms with Crippen LogP contribution >= 0.6 is 11.3 Å². The molecule has 5 rings (SSSR count). The van der Waals surface area contributed by atoms with Crippen molar-refractivity contribution in [2.45, 2.75) is 32.9 Å². The predicted octanol–water partition coefficient (Wildman–Crippen LogP) is 2.77. The van der Waals surface area contributed by atoms with Crippen LogP contribution in [0.4, 0.5) is 5.69 Å². The summed E-state index contributed by atoms with van der Waals surface area (Å²) in [5.41, 5.74) is 2.55. The molecular weight excluding hydrogens is 442 g/mol. The van der Waals surface area contributed by atoms with Gasteiger partial charge in [0, 0.05) is 23.9 Å². The van der Waals surface area contributed by atoms with Gasteiger partial charge in [0.2, 0.25) is 5.91 Å². The van der Waals surface area contributed by atoms with Crippen LogP contribution in [-0.2, 0) is 17.9 Å². The third-order valence-corrected chi connectivity index (χ3v) is 7.13. The molecule has 1 fully saturated rings. The third kappa shape index (κ3) is 4.02. The van der Waals surface area contributed by atoms with Crippen molar-refractivity contribution in [1.29, 1.82) is 0 Å². The number of thiophene rings is 1. The van der Waals surface area contributed by atoms with Crippen LogP contribution in [0.25, 0.3) is 0 Å². The lowest BCUT2D eigenvalue weighted by atomic mass is 9.94. The largest absolute Gasteiger partial charge is 0.371 e. The zero-order chi connectivity index (χ0) is 22.9. The van der Waals surface area contributed by atoms with Gasteiger partial charge < -0.3 is 10.2 Å². The maximum atomic E-state index is 13.2. The summed E-state index contributed by atoms with van der Waals surface area (Å²) in [4.78, 5) is 43.2. The average molecular weight is 466 g/mol. The SMILES string of the molecule is Cc1nonc1CN1C(=O)c2cccc(N3CCC(C(=O)NCc4cccs4)CC3)c2C1=O. The van der Waals surface area contributed by atoms with E-state index in [2.05, 4.69) is 20.5 Å². The standard InChI is InChI=1S/C23H23N5O4S/c1-14-18(26-32-25-14)13-28-22(30)17-5-2-6-19(20(17)23(28)31)27-9-7-15(8-10-27)21(29)24-12-16-4-3-11-33-16/h2-6,11,15H,7-10,12-13H2,1H3,(H,24,29). The normalized spacial score (nSPS) is 16.4. The van der Waals surface area contributed by atoms with Gasteiger partial charge in [-0.1, -0.05) is 22.4 Å². The molecule has 0 atom stereocenters. The summed E-state index contributed by atoms with van der Waals surface area (Å²) < 4.78 is 4.70. The molecule has 0 saturated carbocycles. The smallest absolute Gasteiger partial charge is 0.264 e. The molecule has 0 aliphatic carbocycles. The number of nitrogens with zero attached hydrogens (tertiary/aromatic N) is 4. The van der Waals surface area contributed by atoms with Gasteiger partial charge in [0.05, 0.1) is 29.9 Å². The van der Waals surface area contributed by atoms with Crippen molar-refractivity contribution in [3.8, 4) is 0 Å². The van der Waals surface area contributed by atoms with Crippen molar-refractivity contribution in [3.63, 3.8) is 0 Å². The summed E-state index contributed by atoms with van der Waals surface area (Å²) in [6.45, 7) is 3.57. The molecule has 10 heteroatoms. The van der Waals surface area contributed by atoms with Crippen LogP contribution in [-0.4, -0.2) is 46.0 Å². The van der Waals surface area contributed by atoms with E-state index in [-0.39, 0.29) is 30.2 Å². The summed E-state index contributed by atoms with van der Waals surface area (Å²) in [6.07, 6.45) is 1.38. The van der Waals surface area contributed by atoms with Crippen LogP contribution in [0.2, 0.25) is 0 Å². The molecular formula is C23H23N5O4S. The van der Waals surface area contributed by atoms with E-state index in [1.807, 2.05) is 23.6 Å². The van der Waals surface area contributed by atoms with Gasteiger partial charge in [-0.25, -0.2) is 4.63 Å². The molecule has 3 amide bonds. The molecule has 170 valence electrons. The summed E-state index contributed by atoms with van der Waals surface area (Å²) in [6, 6.07) is 9.32. The third-order valence-electron chi connectivity index (χ3n) is 6.25. The molecule has 1 saturated heterocycles. The Balaban J connectivity index is 1.27. The van der Waals surface area contributed by atoms with E-state index in [1.165, 1.54) is 4.90 Å². The lowest BCUT2D eigenvalue weighted by molar-refractivity contribution is -0.125. The highest BCUT2D eigenvalue weighted by molar-refractivity contribution is 7.09. The number of carbonyl (C=O) groups is 3. The van der Waals surface area contributed by atoms with E-state index in [9.17, 15) is 14.4 Å². The van der Waals surface area contributed by atoms with Gasteiger partial charge in [-0.15, -0.1) is 11.3 Å². The number of aryl methyl sites for hydroxylation is 1. The van der Waals surface area contributed by atoms with E-state index in [0.29, 0.717) is 55.0 Å². The summed E-state index contributed by atoms with van der Waals surface area (Å²) in [7, 11) is 0. The van der Waals surface area contributed by atoms with Crippen LogP contribution in [0.3, 0.4) is 0 Å². The molecule has 1 N–H and O–H groups in total. The van der Waals surface area contributed by atoms with E-state index in [1.54, 1.807) is 30.4 Å². The number of anilines is 1. The lowest BCUT2D eigenvalue weighted by Crippen LogP contribution is -2.41. The maximum Gasteiger partial charge on any atom is 0.264 e. The van der Waals surface area contributed by atoms with Crippen LogP contribution in [0.5, 0.6) is 0 Å². The van der Waals surface area contributed by atoms with E-state index < -0.39 is 0 Å². The first-order chi connectivity index (χ1) is 16.0. The predicted molar refractivity (Wildman–Crippen MR) is 121 cm³/mol. The van der Waals surface area contributed by atoms with Crippen molar-refractivity contribution in [2.75, 3.05) is 18.0 Å². The van der Waals surface area contributed by atoms with Gasteiger partial charge in [-0.05, 0) is 43.3 Å². The van der Waals surface area contributed by atoms with Crippen LogP contribution in [0, 0.1) is 12.8 Å². The number of hydrogen-bond acceptors (Lipinski definition) is 8. The molecule has 4 heterocycles. The zero-order valence-electron chi connectivity index (χ0n) is 18.1.